The fourth-order valence-corrected chi connectivity index (χ4v) is 2.46. The maximum atomic E-state index is 4.44. The van der Waals surface area contributed by atoms with Gasteiger partial charge in [0.05, 0.1) is 12.7 Å². The Morgan fingerprint density at radius 3 is 2.60 bits per heavy atom. The van der Waals surface area contributed by atoms with E-state index in [0.29, 0.717) is 0 Å². The quantitative estimate of drug-likeness (QED) is 0.683. The van der Waals surface area contributed by atoms with E-state index in [0.717, 1.165) is 16.6 Å². The monoisotopic (exact) mass is 326 g/mol. The summed E-state index contributed by atoms with van der Waals surface area (Å²) in [6.07, 6.45) is 4.02. The number of rotatable bonds is 3. The molecule has 3 heteroatoms. The maximum Gasteiger partial charge on any atom is 0.0659 e. The molecule has 0 saturated carbocycles. The van der Waals surface area contributed by atoms with Crippen molar-refractivity contribution in [3.63, 3.8) is 0 Å². The summed E-state index contributed by atoms with van der Waals surface area (Å²) in [7, 11) is 0. The number of benzene rings is 2. The molecule has 0 unspecified atom stereocenters. The lowest BCUT2D eigenvalue weighted by Crippen LogP contribution is -1.99. The van der Waals surface area contributed by atoms with Crippen LogP contribution in [-0.2, 0) is 6.54 Å². The van der Waals surface area contributed by atoms with Gasteiger partial charge in [0.1, 0.15) is 0 Å². The molecule has 20 heavy (non-hydrogen) atoms. The van der Waals surface area contributed by atoms with Crippen molar-refractivity contribution < 1.29 is 0 Å². The molecule has 0 bridgehead atoms. The van der Waals surface area contributed by atoms with Gasteiger partial charge < -0.3 is 0 Å². The Kier molecular flexibility index (Phi) is 3.70. The molecule has 0 amide bonds. The minimum atomic E-state index is 0.791. The predicted octanol–water partition coefficient (Wildman–Crippen LogP) is 4.67. The molecule has 0 radical (unpaired) electrons. The van der Waals surface area contributed by atoms with Gasteiger partial charge in [-0.05, 0) is 30.2 Å². The van der Waals surface area contributed by atoms with Gasteiger partial charge in [0.2, 0.25) is 0 Å². The van der Waals surface area contributed by atoms with Gasteiger partial charge in [-0.25, -0.2) is 0 Å². The first-order valence-corrected chi connectivity index (χ1v) is 7.34. The van der Waals surface area contributed by atoms with Gasteiger partial charge in [-0.15, -0.1) is 0 Å². The Morgan fingerprint density at radius 2 is 1.85 bits per heavy atom. The molecule has 2 nitrogen and oxygen atoms in total. The second kappa shape index (κ2) is 5.63. The third-order valence-electron chi connectivity index (χ3n) is 3.24. The van der Waals surface area contributed by atoms with E-state index in [1.165, 1.54) is 16.7 Å². The van der Waals surface area contributed by atoms with Crippen LogP contribution in [-0.4, -0.2) is 9.78 Å². The lowest BCUT2D eigenvalue weighted by molar-refractivity contribution is 0.687. The van der Waals surface area contributed by atoms with Crippen LogP contribution in [0.5, 0.6) is 0 Å². The molecule has 100 valence electrons. The Labute approximate surface area is 127 Å². The van der Waals surface area contributed by atoms with E-state index in [1.807, 2.05) is 10.9 Å². The van der Waals surface area contributed by atoms with Gasteiger partial charge in [-0.2, -0.15) is 5.10 Å². The van der Waals surface area contributed by atoms with E-state index in [-0.39, 0.29) is 0 Å². The SMILES string of the molecule is Cc1cccc(-c2cnn(Cc3ccc(Br)cc3)c2)c1. The summed E-state index contributed by atoms with van der Waals surface area (Å²) in [6.45, 7) is 2.90. The van der Waals surface area contributed by atoms with Gasteiger partial charge >= 0.3 is 0 Å². The molecule has 0 aliphatic heterocycles. The maximum absolute atomic E-state index is 4.44. The first kappa shape index (κ1) is 13.1. The fourth-order valence-electron chi connectivity index (χ4n) is 2.20. The predicted molar refractivity (Wildman–Crippen MR) is 85.6 cm³/mol. The highest BCUT2D eigenvalue weighted by Gasteiger charge is 2.02. The lowest BCUT2D eigenvalue weighted by atomic mass is 10.1. The molecular formula is C17H15BrN2. The molecule has 0 atom stereocenters. The van der Waals surface area contributed by atoms with E-state index in [1.54, 1.807) is 0 Å². The molecule has 0 saturated heterocycles. The van der Waals surface area contributed by atoms with Crippen LogP contribution < -0.4 is 0 Å². The van der Waals surface area contributed by atoms with Crippen molar-refractivity contribution >= 4 is 15.9 Å². The topological polar surface area (TPSA) is 17.8 Å². The van der Waals surface area contributed by atoms with Gasteiger partial charge in [0, 0.05) is 16.2 Å². The van der Waals surface area contributed by atoms with Crippen molar-refractivity contribution in [2.24, 2.45) is 0 Å². The van der Waals surface area contributed by atoms with Crippen LogP contribution in [0.4, 0.5) is 0 Å². The molecule has 0 N–H and O–H groups in total. The van der Waals surface area contributed by atoms with Crippen molar-refractivity contribution in [3.05, 3.63) is 76.5 Å². The molecule has 3 aromatic rings. The molecule has 3 rings (SSSR count). The molecule has 0 spiro atoms. The standard InChI is InChI=1S/C17H15BrN2/c1-13-3-2-4-15(9-13)16-10-19-20(12-16)11-14-5-7-17(18)8-6-14/h2-10,12H,11H2,1H3. The van der Waals surface area contributed by atoms with Crippen LogP contribution in [0.25, 0.3) is 11.1 Å². The summed E-state index contributed by atoms with van der Waals surface area (Å²) in [4.78, 5) is 0. The van der Waals surface area contributed by atoms with E-state index >= 15 is 0 Å². The first-order chi connectivity index (χ1) is 9.70. The van der Waals surface area contributed by atoms with E-state index in [2.05, 4.69) is 82.7 Å². The van der Waals surface area contributed by atoms with Crippen LogP contribution in [0.15, 0.2) is 65.4 Å². The van der Waals surface area contributed by atoms with Crippen molar-refractivity contribution in [2.45, 2.75) is 13.5 Å². The zero-order valence-corrected chi connectivity index (χ0v) is 12.8. The zero-order chi connectivity index (χ0) is 13.9. The van der Waals surface area contributed by atoms with Crippen LogP contribution >= 0.6 is 15.9 Å². The molecule has 2 aromatic carbocycles. The summed E-state index contributed by atoms with van der Waals surface area (Å²) < 4.78 is 3.07. The number of aromatic nitrogens is 2. The molecule has 1 aromatic heterocycles. The Hall–Kier alpha value is -1.87. The van der Waals surface area contributed by atoms with E-state index < -0.39 is 0 Å². The summed E-state index contributed by atoms with van der Waals surface area (Å²) in [6, 6.07) is 16.8. The Bertz CT molecular complexity index is 714. The molecule has 0 aliphatic carbocycles. The first-order valence-electron chi connectivity index (χ1n) is 6.55. The molecule has 0 fully saturated rings. The van der Waals surface area contributed by atoms with Crippen LogP contribution in [0, 0.1) is 6.92 Å². The minimum Gasteiger partial charge on any atom is -0.268 e. The molecular weight excluding hydrogens is 312 g/mol. The minimum absolute atomic E-state index is 0.791. The number of aryl methyl sites for hydroxylation is 1. The number of hydrogen-bond donors (Lipinski definition) is 0. The van der Waals surface area contributed by atoms with Gasteiger partial charge in [0.25, 0.3) is 0 Å². The highest BCUT2D eigenvalue weighted by Crippen LogP contribution is 2.20. The van der Waals surface area contributed by atoms with E-state index in [9.17, 15) is 0 Å². The van der Waals surface area contributed by atoms with Crippen LogP contribution in [0.1, 0.15) is 11.1 Å². The van der Waals surface area contributed by atoms with Gasteiger partial charge in [-0.1, -0.05) is 57.9 Å². The lowest BCUT2D eigenvalue weighted by Gasteiger charge is -2.02. The van der Waals surface area contributed by atoms with Crippen molar-refractivity contribution in [2.75, 3.05) is 0 Å². The zero-order valence-electron chi connectivity index (χ0n) is 11.3. The largest absolute Gasteiger partial charge is 0.268 e. The van der Waals surface area contributed by atoms with Crippen LogP contribution in [0.2, 0.25) is 0 Å². The normalized spacial score (nSPS) is 10.7. The second-order valence-corrected chi connectivity index (χ2v) is 5.84. The highest BCUT2D eigenvalue weighted by atomic mass is 79.9. The Balaban J connectivity index is 1.82. The number of nitrogens with zero attached hydrogens (tertiary/aromatic N) is 2. The average molecular weight is 327 g/mol. The highest BCUT2D eigenvalue weighted by molar-refractivity contribution is 9.10. The Morgan fingerprint density at radius 1 is 1.05 bits per heavy atom. The summed E-state index contributed by atoms with van der Waals surface area (Å²) in [5, 5.41) is 4.44. The molecule has 0 aliphatic rings. The fraction of sp³-hybridized carbons (Fsp3) is 0.118. The second-order valence-electron chi connectivity index (χ2n) is 4.92. The third-order valence-corrected chi connectivity index (χ3v) is 3.77. The van der Waals surface area contributed by atoms with Gasteiger partial charge in [-0.3, -0.25) is 4.68 Å². The smallest absolute Gasteiger partial charge is 0.0659 e. The number of halogens is 1. The van der Waals surface area contributed by atoms with Crippen molar-refractivity contribution in [1.82, 2.24) is 9.78 Å². The average Bonchev–Trinajstić information content (AvgIpc) is 2.90. The van der Waals surface area contributed by atoms with Crippen molar-refractivity contribution in [1.29, 1.82) is 0 Å². The third kappa shape index (κ3) is 2.99. The number of hydrogen-bond acceptors (Lipinski definition) is 1. The summed E-state index contributed by atoms with van der Waals surface area (Å²) >= 11 is 3.45. The van der Waals surface area contributed by atoms with E-state index in [4.69, 9.17) is 0 Å². The molecule has 1 heterocycles. The summed E-state index contributed by atoms with van der Waals surface area (Å²) in [5.41, 5.74) is 4.88. The van der Waals surface area contributed by atoms with Gasteiger partial charge in [0.15, 0.2) is 0 Å². The van der Waals surface area contributed by atoms with Crippen LogP contribution in [0.3, 0.4) is 0 Å². The summed E-state index contributed by atoms with van der Waals surface area (Å²) in [5.74, 6) is 0. The van der Waals surface area contributed by atoms with Crippen molar-refractivity contribution in [3.8, 4) is 11.1 Å².